The van der Waals surface area contributed by atoms with Gasteiger partial charge in [-0.15, -0.1) is 0 Å². The van der Waals surface area contributed by atoms with Gasteiger partial charge >= 0.3 is 0 Å². The van der Waals surface area contributed by atoms with Gasteiger partial charge < -0.3 is 10.8 Å². The third kappa shape index (κ3) is 6.60. The van der Waals surface area contributed by atoms with Gasteiger partial charge in [-0.1, -0.05) is 114 Å². The Labute approximate surface area is 216 Å². The number of nitrogens with one attached hydrogen (secondary N) is 2. The normalized spacial score (nSPS) is 14.6. The maximum Gasteiger partial charge on any atom is 0.142 e. The Balaban J connectivity index is 0.000000384. The highest BCUT2D eigenvalue weighted by Gasteiger charge is 2.31. The molecule has 0 fully saturated rings. The van der Waals surface area contributed by atoms with Crippen LogP contribution in [0.3, 0.4) is 0 Å². The van der Waals surface area contributed by atoms with Crippen molar-refractivity contribution in [2.24, 2.45) is 0 Å². The highest BCUT2D eigenvalue weighted by molar-refractivity contribution is 6.48. The molecule has 0 saturated carbocycles. The van der Waals surface area contributed by atoms with E-state index in [1.165, 1.54) is 11.1 Å². The van der Waals surface area contributed by atoms with Gasteiger partial charge in [0.2, 0.25) is 0 Å². The maximum absolute atomic E-state index is 10.8. The molecule has 0 amide bonds. The lowest BCUT2D eigenvalue weighted by atomic mass is 9.72. The molecule has 2 unspecified atom stereocenters. The smallest absolute Gasteiger partial charge is 0.142 e. The highest BCUT2D eigenvalue weighted by Crippen LogP contribution is 2.44. The van der Waals surface area contributed by atoms with Crippen molar-refractivity contribution in [3.63, 3.8) is 0 Å². The zero-order valence-electron chi connectivity index (χ0n) is 22.0. The van der Waals surface area contributed by atoms with Crippen molar-refractivity contribution in [3.8, 4) is 5.75 Å². The average Bonchev–Trinajstić information content (AvgIpc) is 2.93. The van der Waals surface area contributed by atoms with E-state index in [0.29, 0.717) is 5.69 Å². The summed E-state index contributed by atoms with van der Waals surface area (Å²) in [4.78, 5) is 0. The Morgan fingerprint density at radius 1 is 0.833 bits per heavy atom. The van der Waals surface area contributed by atoms with Gasteiger partial charge in [-0.3, -0.25) is 10.8 Å². The summed E-state index contributed by atoms with van der Waals surface area (Å²) >= 11 is 0. The van der Waals surface area contributed by atoms with Crippen LogP contribution in [-0.2, 0) is 5.41 Å². The van der Waals surface area contributed by atoms with Crippen molar-refractivity contribution in [2.75, 3.05) is 5.73 Å². The minimum Gasteiger partial charge on any atom is -0.505 e. The Hall–Kier alpha value is -3.92. The summed E-state index contributed by atoms with van der Waals surface area (Å²) in [5.74, 6) is 0.400. The van der Waals surface area contributed by atoms with Gasteiger partial charge in [-0.25, -0.2) is 0 Å². The summed E-state index contributed by atoms with van der Waals surface area (Å²) in [6.07, 6.45) is 7.57. The number of phenolic OH excluding ortho intramolecular Hbond substituents is 1. The van der Waals surface area contributed by atoms with E-state index in [0.717, 1.165) is 17.5 Å². The fourth-order valence-corrected chi connectivity index (χ4v) is 4.12. The molecule has 0 bridgehead atoms. The summed E-state index contributed by atoms with van der Waals surface area (Å²) in [5, 5.41) is 24.8. The van der Waals surface area contributed by atoms with E-state index in [2.05, 4.69) is 63.2 Å². The lowest BCUT2D eigenvalue weighted by molar-refractivity contribution is 0.443. The molecule has 4 heteroatoms. The Morgan fingerprint density at radius 2 is 1.33 bits per heavy atom. The van der Waals surface area contributed by atoms with Gasteiger partial charge in [0, 0.05) is 16.9 Å². The number of nitrogen functional groups attached to an aromatic ring is 1. The molecular formula is C32H39N3O. The van der Waals surface area contributed by atoms with Gasteiger partial charge in [0.15, 0.2) is 0 Å². The van der Waals surface area contributed by atoms with E-state index in [1.807, 2.05) is 44.2 Å². The second kappa shape index (κ2) is 13.2. The molecule has 0 heterocycles. The van der Waals surface area contributed by atoms with Crippen LogP contribution >= 0.6 is 0 Å². The van der Waals surface area contributed by atoms with Crippen molar-refractivity contribution in [2.45, 2.75) is 52.4 Å². The minimum atomic E-state index is -0.300. The molecule has 5 N–H and O–H groups in total. The van der Waals surface area contributed by atoms with Crippen LogP contribution in [0.25, 0.3) is 0 Å². The van der Waals surface area contributed by atoms with Gasteiger partial charge in [-0.2, -0.15) is 0 Å². The molecule has 0 spiro atoms. The predicted octanol–water partition coefficient (Wildman–Crippen LogP) is 8.02. The third-order valence-corrected chi connectivity index (χ3v) is 6.60. The van der Waals surface area contributed by atoms with E-state index in [-0.39, 0.29) is 28.5 Å². The quantitative estimate of drug-likeness (QED) is 0.169. The fraction of sp³-hybridized carbons (Fsp3) is 0.250. The van der Waals surface area contributed by atoms with Crippen molar-refractivity contribution in [1.29, 1.82) is 10.8 Å². The highest BCUT2D eigenvalue weighted by atomic mass is 16.3. The third-order valence-electron chi connectivity index (χ3n) is 6.60. The maximum atomic E-state index is 10.8. The van der Waals surface area contributed by atoms with Crippen LogP contribution in [0.4, 0.5) is 5.69 Å². The number of rotatable bonds is 5. The molecule has 0 aromatic heterocycles. The number of hydrogen-bond acceptors (Lipinski definition) is 4. The first-order valence-corrected chi connectivity index (χ1v) is 12.5. The zero-order valence-corrected chi connectivity index (χ0v) is 22.0. The first-order chi connectivity index (χ1) is 17.3. The molecule has 4 nitrogen and oxygen atoms in total. The summed E-state index contributed by atoms with van der Waals surface area (Å²) in [5.41, 5.74) is 11.4. The molecule has 0 aliphatic heterocycles. The largest absolute Gasteiger partial charge is 0.505 e. The number of anilines is 1. The van der Waals surface area contributed by atoms with E-state index in [1.54, 1.807) is 24.3 Å². The Kier molecular flexibility index (Phi) is 10.4. The topological polar surface area (TPSA) is 93.9 Å². The number of nitrogens with two attached hydrogens (primary N) is 1. The second-order valence-corrected chi connectivity index (χ2v) is 8.74. The molecule has 0 radical (unpaired) electrons. The number of benzene rings is 3. The Bertz CT molecular complexity index is 1190. The number of aromatic hydroxyl groups is 1. The van der Waals surface area contributed by atoms with Crippen molar-refractivity contribution in [3.05, 3.63) is 119 Å². The van der Waals surface area contributed by atoms with Gasteiger partial charge in [0.05, 0.1) is 17.1 Å². The van der Waals surface area contributed by atoms with Crippen LogP contribution in [-0.4, -0.2) is 16.5 Å². The van der Waals surface area contributed by atoms with Crippen molar-refractivity contribution < 1.29 is 5.11 Å². The van der Waals surface area contributed by atoms with Crippen LogP contribution in [0, 0.1) is 10.8 Å². The summed E-state index contributed by atoms with van der Waals surface area (Å²) in [6, 6.07) is 24.7. The van der Waals surface area contributed by atoms with Crippen LogP contribution < -0.4 is 5.73 Å². The summed E-state index contributed by atoms with van der Waals surface area (Å²) < 4.78 is 0. The fourth-order valence-electron chi connectivity index (χ4n) is 4.12. The molecule has 36 heavy (non-hydrogen) atoms. The van der Waals surface area contributed by atoms with E-state index < -0.39 is 0 Å². The molecule has 2 atom stereocenters. The standard InChI is InChI=1S/C24H27NO.C6H6N2.C2H6/c1-4-24(3,20-13-9-6-10-14-20)21-15-19(16-22(25)23(21)26)17(2)18-11-7-5-8-12-18;7-5-3-1-2-4-6(5)8;1-2/h5-17,26H,4,25H2,1-3H3;1-4,7-8H;1-2H3. The first kappa shape index (κ1) is 28.3. The van der Waals surface area contributed by atoms with Gasteiger partial charge in [0.1, 0.15) is 5.75 Å². The van der Waals surface area contributed by atoms with E-state index in [9.17, 15) is 5.11 Å². The molecule has 3 aromatic rings. The number of allylic oxidation sites excluding steroid dienone is 4. The molecule has 3 aromatic carbocycles. The SMILES string of the molecule is CC.CCC(C)(c1ccccc1)c1cc(C(C)c2ccccc2)cc(N)c1O.N=C1C=CC=CC1=N. The molecule has 4 rings (SSSR count). The molecule has 0 saturated heterocycles. The molecule has 1 aliphatic carbocycles. The van der Waals surface area contributed by atoms with Gasteiger partial charge in [-0.05, 0) is 41.3 Å². The van der Waals surface area contributed by atoms with Crippen LogP contribution in [0.5, 0.6) is 5.75 Å². The average molecular weight is 482 g/mol. The zero-order chi connectivity index (χ0) is 26.7. The molecule has 188 valence electrons. The van der Waals surface area contributed by atoms with Crippen molar-refractivity contribution >= 4 is 17.1 Å². The number of hydrogen-bond donors (Lipinski definition) is 4. The second-order valence-electron chi connectivity index (χ2n) is 8.74. The van der Waals surface area contributed by atoms with Crippen LogP contribution in [0.15, 0.2) is 97.1 Å². The minimum absolute atomic E-state index is 0.196. The predicted molar refractivity (Wildman–Crippen MR) is 155 cm³/mol. The van der Waals surface area contributed by atoms with Crippen molar-refractivity contribution in [1.82, 2.24) is 0 Å². The monoisotopic (exact) mass is 481 g/mol. The van der Waals surface area contributed by atoms with Crippen LogP contribution in [0.1, 0.15) is 69.2 Å². The lowest BCUT2D eigenvalue weighted by Gasteiger charge is -2.32. The number of phenols is 1. The van der Waals surface area contributed by atoms with Crippen LogP contribution in [0.2, 0.25) is 0 Å². The molecule has 1 aliphatic rings. The summed E-state index contributed by atoms with van der Waals surface area (Å²) in [6.45, 7) is 10.5. The first-order valence-electron chi connectivity index (χ1n) is 12.5. The van der Waals surface area contributed by atoms with Gasteiger partial charge in [0.25, 0.3) is 0 Å². The lowest BCUT2D eigenvalue weighted by Crippen LogP contribution is -2.23. The summed E-state index contributed by atoms with van der Waals surface area (Å²) in [7, 11) is 0. The Morgan fingerprint density at radius 3 is 1.81 bits per heavy atom. The van der Waals surface area contributed by atoms with E-state index in [4.69, 9.17) is 16.6 Å². The van der Waals surface area contributed by atoms with E-state index >= 15 is 0 Å². The molecular weight excluding hydrogens is 442 g/mol.